The summed E-state index contributed by atoms with van der Waals surface area (Å²) < 4.78 is 13.7. The molecule has 0 saturated heterocycles. The normalized spacial score (nSPS) is 15.5. The van der Waals surface area contributed by atoms with Gasteiger partial charge in [0.25, 0.3) is 0 Å². The summed E-state index contributed by atoms with van der Waals surface area (Å²) in [5.74, 6) is -0.280. The Balaban J connectivity index is 1.18. The largest absolute Gasteiger partial charge is 0.311 e. The van der Waals surface area contributed by atoms with Gasteiger partial charge in [-0.05, 0) is 105 Å². The molecule has 3 heteroatoms. The van der Waals surface area contributed by atoms with Crippen LogP contribution in [-0.2, 0) is 10.8 Å². The fourth-order valence-corrected chi connectivity index (χ4v) is 7.13. The first-order chi connectivity index (χ1) is 21.2. The van der Waals surface area contributed by atoms with Crippen molar-refractivity contribution in [3.63, 3.8) is 0 Å². The van der Waals surface area contributed by atoms with Gasteiger partial charge >= 0.3 is 0 Å². The van der Waals surface area contributed by atoms with Gasteiger partial charge < -0.3 is 4.90 Å². The number of nitriles is 1. The maximum Gasteiger partial charge on any atom is 0.123 e. The highest BCUT2D eigenvalue weighted by Crippen LogP contribution is 2.62. The Labute approximate surface area is 259 Å². The van der Waals surface area contributed by atoms with E-state index in [4.69, 9.17) is 0 Å². The summed E-state index contributed by atoms with van der Waals surface area (Å²) in [6, 6.07) is 40.2. The molecule has 44 heavy (non-hydrogen) atoms. The first-order valence-corrected chi connectivity index (χ1v) is 15.0. The Morgan fingerprint density at radius 3 is 1.73 bits per heavy atom. The maximum absolute atomic E-state index is 13.7. The van der Waals surface area contributed by atoms with Gasteiger partial charge in [-0.15, -0.1) is 0 Å². The van der Waals surface area contributed by atoms with E-state index in [0.717, 1.165) is 22.6 Å². The van der Waals surface area contributed by atoms with Crippen LogP contribution in [-0.4, -0.2) is 0 Å². The molecule has 0 saturated carbocycles. The molecular weight excluding hydrogens is 539 g/mol. The average Bonchev–Trinajstić information content (AvgIpc) is 3.43. The lowest BCUT2D eigenvalue weighted by atomic mass is 9.75. The summed E-state index contributed by atoms with van der Waals surface area (Å²) in [6.45, 7) is 9.43. The molecule has 0 radical (unpaired) electrons. The molecule has 0 aromatic heterocycles. The molecule has 0 heterocycles. The van der Waals surface area contributed by atoms with E-state index in [1.54, 1.807) is 24.3 Å². The van der Waals surface area contributed by atoms with E-state index in [1.165, 1.54) is 51.1 Å². The second kappa shape index (κ2) is 10.2. The summed E-state index contributed by atoms with van der Waals surface area (Å²) in [5.41, 5.74) is 14.0. The smallest absolute Gasteiger partial charge is 0.123 e. The third-order valence-electron chi connectivity index (χ3n) is 9.32. The molecule has 214 valence electrons. The molecule has 5 aromatic rings. The van der Waals surface area contributed by atoms with Gasteiger partial charge in [-0.2, -0.15) is 5.26 Å². The van der Waals surface area contributed by atoms with Crippen LogP contribution < -0.4 is 4.90 Å². The Kier molecular flexibility index (Phi) is 6.41. The van der Waals surface area contributed by atoms with Crippen LogP contribution in [0.3, 0.4) is 0 Å². The van der Waals surface area contributed by atoms with E-state index in [1.807, 2.05) is 12.1 Å². The van der Waals surface area contributed by atoms with Gasteiger partial charge in [-0.3, -0.25) is 0 Å². The van der Waals surface area contributed by atoms with Gasteiger partial charge in [0.15, 0.2) is 0 Å². The molecule has 2 aliphatic carbocycles. The molecule has 2 aliphatic rings. The summed E-state index contributed by atoms with van der Waals surface area (Å²) in [7, 11) is 0. The van der Waals surface area contributed by atoms with Gasteiger partial charge in [0.1, 0.15) is 5.82 Å². The number of allylic oxidation sites excluding steroid dienone is 2. The molecule has 7 rings (SSSR count). The van der Waals surface area contributed by atoms with Crippen molar-refractivity contribution in [1.29, 1.82) is 5.26 Å². The molecular formula is C41H33FN2. The molecule has 0 unspecified atom stereocenters. The van der Waals surface area contributed by atoms with E-state index in [2.05, 4.69) is 118 Å². The molecule has 2 nitrogen and oxygen atoms in total. The minimum Gasteiger partial charge on any atom is -0.311 e. The molecule has 0 atom stereocenters. The highest BCUT2D eigenvalue weighted by Gasteiger charge is 2.49. The van der Waals surface area contributed by atoms with E-state index in [-0.39, 0.29) is 16.6 Å². The van der Waals surface area contributed by atoms with Gasteiger partial charge in [0, 0.05) is 27.9 Å². The van der Waals surface area contributed by atoms with Crippen molar-refractivity contribution >= 4 is 40.4 Å². The number of hydrogen-bond donors (Lipinski definition) is 0. The molecule has 5 aromatic carbocycles. The second-order valence-electron chi connectivity index (χ2n) is 12.7. The maximum atomic E-state index is 13.7. The van der Waals surface area contributed by atoms with E-state index in [0.29, 0.717) is 5.56 Å². The van der Waals surface area contributed by atoms with Gasteiger partial charge in [-0.25, -0.2) is 4.39 Å². The van der Waals surface area contributed by atoms with E-state index < -0.39 is 0 Å². The highest BCUT2D eigenvalue weighted by molar-refractivity contribution is 6.09. The first kappa shape index (κ1) is 27.6. The van der Waals surface area contributed by atoms with Crippen LogP contribution >= 0.6 is 0 Å². The van der Waals surface area contributed by atoms with Crippen molar-refractivity contribution in [2.75, 3.05) is 4.90 Å². The topological polar surface area (TPSA) is 27.0 Å². The van der Waals surface area contributed by atoms with Crippen molar-refractivity contribution < 1.29 is 4.39 Å². The number of benzene rings is 5. The lowest BCUT2D eigenvalue weighted by Crippen LogP contribution is -2.19. The number of halogens is 1. The van der Waals surface area contributed by atoms with Crippen molar-refractivity contribution in [2.24, 2.45) is 0 Å². The van der Waals surface area contributed by atoms with Crippen LogP contribution in [0.4, 0.5) is 21.5 Å². The second-order valence-corrected chi connectivity index (χ2v) is 12.7. The summed E-state index contributed by atoms with van der Waals surface area (Å²) in [4.78, 5) is 2.06. The Morgan fingerprint density at radius 2 is 1.09 bits per heavy atom. The minimum absolute atomic E-state index is 0.0207. The first-order valence-electron chi connectivity index (χ1n) is 15.0. The number of nitrogens with zero attached hydrogens (tertiary/aromatic N) is 2. The predicted molar refractivity (Wildman–Crippen MR) is 180 cm³/mol. The number of hydrogen-bond acceptors (Lipinski definition) is 2. The molecule has 0 bridgehead atoms. The van der Waals surface area contributed by atoms with Crippen molar-refractivity contribution in [3.05, 3.63) is 160 Å². The quantitative estimate of drug-likeness (QED) is 0.196. The highest BCUT2D eigenvalue weighted by atomic mass is 19.1. The molecule has 0 aliphatic heterocycles. The van der Waals surface area contributed by atoms with Crippen LogP contribution in [0.2, 0.25) is 0 Å². The van der Waals surface area contributed by atoms with Crippen LogP contribution in [0.15, 0.2) is 115 Å². The summed E-state index contributed by atoms with van der Waals surface area (Å²) in [5, 5.41) is 9.25. The SMILES string of the molecule is CC1(C)C2=C(c3ccccc31)C(C)(C)c1cc(/C=C/c3ccc(N(c4ccc(F)cc4)c4ccc(C#N)cc4)cc3)ccc12. The van der Waals surface area contributed by atoms with Gasteiger partial charge in [-0.1, -0.05) is 94.4 Å². The molecule has 0 spiro atoms. The van der Waals surface area contributed by atoms with Crippen LogP contribution in [0.5, 0.6) is 0 Å². The van der Waals surface area contributed by atoms with Gasteiger partial charge in [0.05, 0.1) is 11.6 Å². The number of rotatable bonds is 5. The summed E-state index contributed by atoms with van der Waals surface area (Å²) in [6.07, 6.45) is 4.34. The monoisotopic (exact) mass is 572 g/mol. The molecule has 0 N–H and O–H groups in total. The average molecular weight is 573 g/mol. The third-order valence-corrected chi connectivity index (χ3v) is 9.32. The standard InChI is InChI=1S/C41H33FN2/c1-40(2)36-8-6-5-7-34(36)38-39(40)35-24-15-28(25-37(35)41(38,3)4)10-9-27-11-18-31(19-12-27)44(33-22-16-30(42)17-23-33)32-20-13-29(26-43)14-21-32/h5-25H,1-4H3/b10-9+. The van der Waals surface area contributed by atoms with Crippen molar-refractivity contribution in [3.8, 4) is 6.07 Å². The third kappa shape index (κ3) is 4.38. The Bertz CT molecular complexity index is 2000. The zero-order valence-electron chi connectivity index (χ0n) is 25.4. The van der Waals surface area contributed by atoms with E-state index in [9.17, 15) is 9.65 Å². The lowest BCUT2D eigenvalue weighted by Gasteiger charge is -2.28. The van der Waals surface area contributed by atoms with Crippen molar-refractivity contribution in [1.82, 2.24) is 0 Å². The minimum atomic E-state index is -0.280. The van der Waals surface area contributed by atoms with E-state index >= 15 is 0 Å². The van der Waals surface area contributed by atoms with Crippen molar-refractivity contribution in [2.45, 2.75) is 38.5 Å². The molecule has 0 amide bonds. The number of anilines is 3. The zero-order valence-corrected chi connectivity index (χ0v) is 25.4. The Morgan fingerprint density at radius 1 is 0.591 bits per heavy atom. The molecule has 0 fully saturated rings. The Hall–Kier alpha value is -5.20. The number of fused-ring (bicyclic) bond motifs is 4. The zero-order chi connectivity index (χ0) is 30.6. The predicted octanol–water partition coefficient (Wildman–Crippen LogP) is 10.8. The fraction of sp³-hybridized carbons (Fsp3) is 0.146. The van der Waals surface area contributed by atoms with Gasteiger partial charge in [0.2, 0.25) is 0 Å². The van der Waals surface area contributed by atoms with Crippen LogP contribution in [0.1, 0.15) is 66.6 Å². The summed E-state index contributed by atoms with van der Waals surface area (Å²) >= 11 is 0. The fourth-order valence-electron chi connectivity index (χ4n) is 7.13. The van der Waals surface area contributed by atoms with Crippen LogP contribution in [0, 0.1) is 17.1 Å². The lowest BCUT2D eigenvalue weighted by molar-refractivity contribution is 0.628. The van der Waals surface area contributed by atoms with Crippen LogP contribution in [0.25, 0.3) is 23.3 Å².